The zero-order chi connectivity index (χ0) is 7.98. The second-order valence-electron chi connectivity index (χ2n) is 2.32. The first-order valence-corrected chi connectivity index (χ1v) is 4.21. The van der Waals surface area contributed by atoms with E-state index in [1.807, 2.05) is 6.92 Å². The van der Waals surface area contributed by atoms with E-state index in [1.165, 1.54) is 0 Å². The predicted molar refractivity (Wildman–Crippen MR) is 46.4 cm³/mol. The van der Waals surface area contributed by atoms with Gasteiger partial charge >= 0.3 is 0 Å². The molecular weight excluding hydrogens is 146 g/mol. The molecule has 1 unspecified atom stereocenters. The van der Waals surface area contributed by atoms with E-state index >= 15 is 0 Å². The number of hydrogen-bond acceptors (Lipinski definition) is 2. The van der Waals surface area contributed by atoms with Crippen molar-refractivity contribution in [3.8, 4) is 0 Å². The minimum atomic E-state index is 0.352. The lowest BCUT2D eigenvalue weighted by Crippen LogP contribution is -2.32. The Kier molecular flexibility index (Phi) is 5.49. The smallest absolute Gasteiger partial charge is 0.209 e. The molecular formula is C7H15NOS. The van der Waals surface area contributed by atoms with Crippen molar-refractivity contribution in [3.63, 3.8) is 0 Å². The summed E-state index contributed by atoms with van der Waals surface area (Å²) in [5, 5.41) is 0. The van der Waals surface area contributed by atoms with Crippen LogP contribution in [0.1, 0.15) is 20.3 Å². The minimum absolute atomic E-state index is 0.352. The molecule has 0 saturated heterocycles. The first-order valence-electron chi connectivity index (χ1n) is 3.58. The molecule has 60 valence electrons. The van der Waals surface area contributed by atoms with Gasteiger partial charge in [-0.1, -0.05) is 6.92 Å². The van der Waals surface area contributed by atoms with Crippen LogP contribution in [0.4, 0.5) is 0 Å². The van der Waals surface area contributed by atoms with E-state index in [1.54, 1.807) is 4.90 Å². The van der Waals surface area contributed by atoms with E-state index in [-0.39, 0.29) is 0 Å². The summed E-state index contributed by atoms with van der Waals surface area (Å²) in [6, 6.07) is 0.352. The molecule has 0 saturated carbocycles. The molecule has 3 heteroatoms. The molecule has 0 aromatic carbocycles. The zero-order valence-electron chi connectivity index (χ0n) is 6.58. The van der Waals surface area contributed by atoms with Crippen LogP contribution in [0.2, 0.25) is 0 Å². The fourth-order valence-electron chi connectivity index (χ4n) is 0.727. The summed E-state index contributed by atoms with van der Waals surface area (Å²) in [4.78, 5) is 12.2. The first kappa shape index (κ1) is 9.82. The van der Waals surface area contributed by atoms with E-state index in [0.29, 0.717) is 6.04 Å². The highest BCUT2D eigenvalue weighted by Crippen LogP contribution is 1.99. The first-order chi connectivity index (χ1) is 4.76. The third-order valence-electron chi connectivity index (χ3n) is 1.65. The Labute approximate surface area is 68.0 Å². The van der Waals surface area contributed by atoms with Crippen LogP contribution in [0, 0.1) is 0 Å². The van der Waals surface area contributed by atoms with Crippen molar-refractivity contribution in [1.82, 2.24) is 4.90 Å². The average Bonchev–Trinajstić information content (AvgIpc) is 1.99. The molecule has 0 aromatic heterocycles. The van der Waals surface area contributed by atoms with Crippen molar-refractivity contribution in [2.45, 2.75) is 26.3 Å². The van der Waals surface area contributed by atoms with Crippen molar-refractivity contribution in [2.75, 3.05) is 12.3 Å². The topological polar surface area (TPSA) is 20.3 Å². The number of hydrogen-bond donors (Lipinski definition) is 1. The van der Waals surface area contributed by atoms with Crippen LogP contribution in [0.5, 0.6) is 0 Å². The van der Waals surface area contributed by atoms with E-state index < -0.39 is 0 Å². The summed E-state index contributed by atoms with van der Waals surface area (Å²) in [5.41, 5.74) is 0. The predicted octanol–water partition coefficient (Wildman–Crippen LogP) is 1.17. The average molecular weight is 161 g/mol. The van der Waals surface area contributed by atoms with Crippen LogP contribution < -0.4 is 0 Å². The van der Waals surface area contributed by atoms with Gasteiger partial charge in [0.05, 0.1) is 0 Å². The number of carbonyl (C=O) groups excluding carboxylic acids is 1. The maximum Gasteiger partial charge on any atom is 0.209 e. The molecule has 10 heavy (non-hydrogen) atoms. The molecule has 0 bridgehead atoms. The van der Waals surface area contributed by atoms with Crippen LogP contribution in [0.25, 0.3) is 0 Å². The van der Waals surface area contributed by atoms with Crippen LogP contribution >= 0.6 is 12.6 Å². The number of thiol groups is 1. The second kappa shape index (κ2) is 5.59. The summed E-state index contributed by atoms with van der Waals surface area (Å²) in [5.74, 6) is 0.739. The summed E-state index contributed by atoms with van der Waals surface area (Å²) >= 11 is 4.05. The molecule has 0 N–H and O–H groups in total. The third kappa shape index (κ3) is 3.11. The molecule has 0 radical (unpaired) electrons. The number of rotatable bonds is 5. The van der Waals surface area contributed by atoms with Gasteiger partial charge in [0, 0.05) is 18.3 Å². The zero-order valence-corrected chi connectivity index (χ0v) is 7.47. The molecule has 0 rings (SSSR count). The van der Waals surface area contributed by atoms with E-state index in [2.05, 4.69) is 19.6 Å². The molecule has 1 amide bonds. The Morgan fingerprint density at radius 3 is 2.60 bits per heavy atom. The molecule has 0 aliphatic heterocycles. The van der Waals surface area contributed by atoms with E-state index in [0.717, 1.165) is 25.1 Å². The van der Waals surface area contributed by atoms with Gasteiger partial charge in [0.25, 0.3) is 0 Å². The maximum atomic E-state index is 10.4. The van der Waals surface area contributed by atoms with Gasteiger partial charge in [0.2, 0.25) is 6.41 Å². The highest BCUT2D eigenvalue weighted by Gasteiger charge is 2.06. The van der Waals surface area contributed by atoms with E-state index in [4.69, 9.17) is 0 Å². The Hall–Kier alpha value is -0.180. The molecule has 1 atom stereocenters. The molecule has 2 nitrogen and oxygen atoms in total. The Morgan fingerprint density at radius 2 is 2.30 bits per heavy atom. The fourth-order valence-corrected chi connectivity index (χ4v) is 0.958. The number of amides is 1. The summed E-state index contributed by atoms with van der Waals surface area (Å²) < 4.78 is 0. The van der Waals surface area contributed by atoms with Gasteiger partial charge in [-0.25, -0.2) is 0 Å². The van der Waals surface area contributed by atoms with Gasteiger partial charge in [0.15, 0.2) is 0 Å². The molecule has 0 heterocycles. The summed E-state index contributed by atoms with van der Waals surface area (Å²) in [6.07, 6.45) is 1.90. The van der Waals surface area contributed by atoms with Crippen molar-refractivity contribution < 1.29 is 4.79 Å². The molecule has 0 aliphatic rings. The minimum Gasteiger partial charge on any atom is -0.342 e. The van der Waals surface area contributed by atoms with Crippen LogP contribution in [-0.4, -0.2) is 29.6 Å². The largest absolute Gasteiger partial charge is 0.342 e. The van der Waals surface area contributed by atoms with Gasteiger partial charge in [0.1, 0.15) is 0 Å². The highest BCUT2D eigenvalue weighted by molar-refractivity contribution is 7.80. The van der Waals surface area contributed by atoms with Gasteiger partial charge < -0.3 is 4.90 Å². The SMILES string of the molecule is CCC(C)N(C=O)CCS. The number of carbonyl (C=O) groups is 1. The molecule has 0 aliphatic carbocycles. The van der Waals surface area contributed by atoms with Crippen molar-refractivity contribution in [3.05, 3.63) is 0 Å². The van der Waals surface area contributed by atoms with Crippen molar-refractivity contribution in [1.29, 1.82) is 0 Å². The lowest BCUT2D eigenvalue weighted by atomic mass is 10.2. The quantitative estimate of drug-likeness (QED) is 0.474. The van der Waals surface area contributed by atoms with Crippen LogP contribution in [-0.2, 0) is 4.79 Å². The fraction of sp³-hybridized carbons (Fsp3) is 0.857. The lowest BCUT2D eigenvalue weighted by molar-refractivity contribution is -0.119. The van der Waals surface area contributed by atoms with Crippen molar-refractivity contribution in [2.24, 2.45) is 0 Å². The third-order valence-corrected chi connectivity index (χ3v) is 1.85. The summed E-state index contributed by atoms with van der Waals surface area (Å²) in [6.45, 7) is 4.86. The molecule has 0 fully saturated rings. The Morgan fingerprint density at radius 1 is 1.70 bits per heavy atom. The van der Waals surface area contributed by atoms with Crippen molar-refractivity contribution >= 4 is 19.0 Å². The maximum absolute atomic E-state index is 10.4. The van der Waals surface area contributed by atoms with Gasteiger partial charge in [-0.2, -0.15) is 12.6 Å². The second-order valence-corrected chi connectivity index (χ2v) is 2.77. The van der Waals surface area contributed by atoms with Gasteiger partial charge in [-0.3, -0.25) is 4.79 Å². The number of nitrogens with zero attached hydrogens (tertiary/aromatic N) is 1. The summed E-state index contributed by atoms with van der Waals surface area (Å²) in [7, 11) is 0. The molecule has 0 aromatic rings. The van der Waals surface area contributed by atoms with Crippen LogP contribution in [0.3, 0.4) is 0 Å². The standard InChI is InChI=1S/C7H15NOS/c1-3-7(2)8(6-9)4-5-10/h6-7,10H,3-5H2,1-2H3. The lowest BCUT2D eigenvalue weighted by Gasteiger charge is -2.22. The monoisotopic (exact) mass is 161 g/mol. The normalized spacial score (nSPS) is 12.7. The Balaban J connectivity index is 3.67. The molecule has 0 spiro atoms. The van der Waals surface area contributed by atoms with Gasteiger partial charge in [-0.15, -0.1) is 0 Å². The highest BCUT2D eigenvalue weighted by atomic mass is 32.1. The van der Waals surface area contributed by atoms with Crippen LogP contribution in [0.15, 0.2) is 0 Å². The van der Waals surface area contributed by atoms with E-state index in [9.17, 15) is 4.79 Å². The Bertz CT molecular complexity index is 97.6. The van der Waals surface area contributed by atoms with Gasteiger partial charge in [-0.05, 0) is 13.3 Å².